The number of nitrogens with zero attached hydrogens (tertiary/aromatic N) is 5. The van der Waals surface area contributed by atoms with Crippen LogP contribution in [0.5, 0.6) is 5.75 Å². The van der Waals surface area contributed by atoms with E-state index in [-0.39, 0.29) is 11.8 Å². The molecule has 7 heteroatoms. The summed E-state index contributed by atoms with van der Waals surface area (Å²) in [7, 11) is 1.65. The van der Waals surface area contributed by atoms with Gasteiger partial charge in [0.05, 0.1) is 25.8 Å². The van der Waals surface area contributed by atoms with Gasteiger partial charge in [-0.25, -0.2) is 4.68 Å². The second kappa shape index (κ2) is 13.2. The van der Waals surface area contributed by atoms with Gasteiger partial charge in [-0.2, -0.15) is 5.26 Å². The average molecular weight is 418 g/mol. The number of aliphatic hydroxyl groups excluding tert-OH is 1. The third-order valence-electron chi connectivity index (χ3n) is 4.43. The Hall–Kier alpha value is -4.05. The number of rotatable bonds is 12. The second-order valence-electron chi connectivity index (χ2n) is 6.50. The first-order chi connectivity index (χ1) is 15.2. The molecule has 1 N–H and O–H groups in total. The highest BCUT2D eigenvalue weighted by atomic mass is 16.5. The van der Waals surface area contributed by atoms with Gasteiger partial charge in [0.25, 0.3) is 0 Å². The van der Waals surface area contributed by atoms with Crippen LogP contribution in [0.2, 0.25) is 0 Å². The Balaban J connectivity index is 2.19. The Bertz CT molecular complexity index is 951. The molecule has 7 nitrogen and oxygen atoms in total. The van der Waals surface area contributed by atoms with E-state index in [1.807, 2.05) is 47.2 Å². The van der Waals surface area contributed by atoms with Crippen LogP contribution < -0.4 is 9.75 Å². The molecular formula is C24H27N5O2. The third kappa shape index (κ3) is 8.07. The van der Waals surface area contributed by atoms with Crippen molar-refractivity contribution in [1.29, 1.82) is 5.26 Å². The van der Waals surface area contributed by atoms with Gasteiger partial charge >= 0.3 is 0 Å². The second-order valence-corrected chi connectivity index (χ2v) is 6.50. The van der Waals surface area contributed by atoms with Crippen molar-refractivity contribution in [3.63, 3.8) is 0 Å². The van der Waals surface area contributed by atoms with Crippen molar-refractivity contribution < 1.29 is 9.84 Å². The Morgan fingerprint density at radius 3 is 2.65 bits per heavy atom. The fraction of sp³-hybridized carbons (Fsp3) is 0.208. The minimum Gasteiger partial charge on any atom is -0.508 e. The third-order valence-corrected chi connectivity index (χ3v) is 4.43. The van der Waals surface area contributed by atoms with Crippen molar-refractivity contribution in [2.45, 2.75) is 18.9 Å². The lowest BCUT2D eigenvalue weighted by molar-refractivity contribution is 0.414. The van der Waals surface area contributed by atoms with Gasteiger partial charge in [0.2, 0.25) is 0 Å². The Labute approximate surface area is 183 Å². The Morgan fingerprint density at radius 2 is 2.00 bits per heavy atom. The van der Waals surface area contributed by atoms with E-state index in [9.17, 15) is 5.11 Å². The van der Waals surface area contributed by atoms with Crippen LogP contribution in [0.1, 0.15) is 12.0 Å². The van der Waals surface area contributed by atoms with Crippen LogP contribution in [-0.2, 0) is 6.42 Å². The lowest BCUT2D eigenvalue weighted by Gasteiger charge is -2.30. The van der Waals surface area contributed by atoms with Gasteiger partial charge in [-0.1, -0.05) is 49.1 Å². The van der Waals surface area contributed by atoms with Gasteiger partial charge in [0, 0.05) is 6.08 Å². The molecule has 2 rings (SSSR count). The summed E-state index contributed by atoms with van der Waals surface area (Å²) in [5, 5.41) is 28.3. The minimum atomic E-state index is -0.0412. The number of methoxy groups -OCH3 is 1. The standard InChI is InChI=1S/C24H27N5O2/c1-3-23(30)12-5-7-18-29(28-19-26-27-20-28)22(10-4-6-17-25)11-8-9-21-13-15-24(31-2)16-14-21/h3-8,11-16,19-20,22,30H,1,9-10,18H2,2H3/b6-4+,7-5+,11-8+,23-12+. The van der Waals surface area contributed by atoms with Crippen molar-refractivity contribution in [2.75, 3.05) is 18.7 Å². The number of nitriles is 1. The first kappa shape index (κ1) is 23.2. The van der Waals surface area contributed by atoms with Crippen molar-refractivity contribution >= 4 is 0 Å². The Kier molecular flexibility index (Phi) is 9.91. The number of benzene rings is 1. The van der Waals surface area contributed by atoms with E-state index in [0.717, 1.165) is 12.2 Å². The Morgan fingerprint density at radius 1 is 1.26 bits per heavy atom. The van der Waals surface area contributed by atoms with E-state index in [4.69, 9.17) is 10.00 Å². The van der Waals surface area contributed by atoms with Gasteiger partial charge in [0.15, 0.2) is 0 Å². The van der Waals surface area contributed by atoms with Crippen molar-refractivity contribution in [3.05, 3.63) is 103 Å². The first-order valence-corrected chi connectivity index (χ1v) is 9.82. The smallest absolute Gasteiger partial charge is 0.139 e. The maximum Gasteiger partial charge on any atom is 0.139 e. The van der Waals surface area contributed by atoms with Crippen LogP contribution in [-0.4, -0.2) is 39.7 Å². The summed E-state index contributed by atoms with van der Waals surface area (Å²) >= 11 is 0. The lowest BCUT2D eigenvalue weighted by Crippen LogP contribution is -2.42. The van der Waals surface area contributed by atoms with E-state index < -0.39 is 0 Å². The maximum absolute atomic E-state index is 9.51. The number of aromatic nitrogens is 3. The molecule has 0 bridgehead atoms. The van der Waals surface area contributed by atoms with Crippen LogP contribution in [0.3, 0.4) is 0 Å². The fourth-order valence-electron chi connectivity index (χ4n) is 2.81. The highest BCUT2D eigenvalue weighted by molar-refractivity contribution is 5.28. The van der Waals surface area contributed by atoms with Gasteiger partial charge in [-0.3, -0.25) is 5.01 Å². The van der Waals surface area contributed by atoms with Gasteiger partial charge in [-0.15, -0.1) is 10.2 Å². The molecule has 160 valence electrons. The molecule has 0 radical (unpaired) electrons. The molecule has 0 aliphatic carbocycles. The van der Waals surface area contributed by atoms with Crippen molar-refractivity contribution in [3.8, 4) is 11.8 Å². The molecule has 0 aliphatic rings. The van der Waals surface area contributed by atoms with Crippen LogP contribution in [0, 0.1) is 11.3 Å². The first-order valence-electron chi connectivity index (χ1n) is 9.82. The van der Waals surface area contributed by atoms with E-state index in [0.29, 0.717) is 13.0 Å². The molecule has 2 aromatic rings. The van der Waals surface area contributed by atoms with E-state index in [2.05, 4.69) is 33.9 Å². The molecule has 1 atom stereocenters. The minimum absolute atomic E-state index is 0.0412. The highest BCUT2D eigenvalue weighted by Crippen LogP contribution is 2.13. The molecule has 0 fully saturated rings. The lowest BCUT2D eigenvalue weighted by atomic mass is 10.1. The predicted molar refractivity (Wildman–Crippen MR) is 122 cm³/mol. The highest BCUT2D eigenvalue weighted by Gasteiger charge is 2.14. The molecule has 0 saturated heterocycles. The predicted octanol–water partition coefficient (Wildman–Crippen LogP) is 4.05. The molecule has 1 heterocycles. The molecule has 1 aromatic carbocycles. The summed E-state index contributed by atoms with van der Waals surface area (Å²) in [6.45, 7) is 4.06. The van der Waals surface area contributed by atoms with Crippen molar-refractivity contribution in [2.24, 2.45) is 0 Å². The number of hydrogen-bond acceptors (Lipinski definition) is 6. The number of ether oxygens (including phenoxy) is 1. The molecule has 1 aromatic heterocycles. The summed E-state index contributed by atoms with van der Waals surface area (Å²) in [6, 6.07) is 9.94. The zero-order valence-electron chi connectivity index (χ0n) is 17.6. The number of hydrogen-bond donors (Lipinski definition) is 1. The van der Waals surface area contributed by atoms with Crippen LogP contribution >= 0.6 is 0 Å². The largest absolute Gasteiger partial charge is 0.508 e. The summed E-state index contributed by atoms with van der Waals surface area (Å²) in [5.41, 5.74) is 1.17. The average Bonchev–Trinajstić information content (AvgIpc) is 3.33. The van der Waals surface area contributed by atoms with Gasteiger partial charge < -0.3 is 9.84 Å². The number of aliphatic hydroxyl groups is 1. The van der Waals surface area contributed by atoms with Crippen LogP contribution in [0.4, 0.5) is 0 Å². The summed E-state index contributed by atoms with van der Waals surface area (Å²) < 4.78 is 7.01. The molecule has 0 aliphatic heterocycles. The zero-order chi connectivity index (χ0) is 22.3. The molecular weight excluding hydrogens is 390 g/mol. The molecule has 31 heavy (non-hydrogen) atoms. The molecule has 1 unspecified atom stereocenters. The van der Waals surface area contributed by atoms with E-state index in [1.165, 1.54) is 17.7 Å². The SMILES string of the molecule is C=C/C(O)=C\C=C\CN(C(/C=C/Cc1ccc(OC)cc1)C/C=C/C#N)n1cnnc1. The van der Waals surface area contributed by atoms with Crippen LogP contribution in [0.15, 0.2) is 97.9 Å². The van der Waals surface area contributed by atoms with E-state index >= 15 is 0 Å². The quantitative estimate of drug-likeness (QED) is 0.243. The molecule has 0 spiro atoms. The van der Waals surface area contributed by atoms with Crippen LogP contribution in [0.25, 0.3) is 0 Å². The van der Waals surface area contributed by atoms with Crippen molar-refractivity contribution in [1.82, 2.24) is 14.9 Å². The molecule has 0 saturated carbocycles. The van der Waals surface area contributed by atoms with E-state index in [1.54, 1.807) is 31.9 Å². The summed E-state index contributed by atoms with van der Waals surface area (Å²) in [6.07, 6.45) is 18.8. The number of allylic oxidation sites excluding steroid dienone is 5. The van der Waals surface area contributed by atoms with Gasteiger partial charge in [-0.05, 0) is 42.7 Å². The van der Waals surface area contributed by atoms with Gasteiger partial charge in [0.1, 0.15) is 24.2 Å². The summed E-state index contributed by atoms with van der Waals surface area (Å²) in [5.74, 6) is 0.925. The summed E-state index contributed by atoms with van der Waals surface area (Å²) in [4.78, 5) is 0. The normalized spacial score (nSPS) is 13.0. The topological polar surface area (TPSA) is 87.2 Å². The zero-order valence-corrected chi connectivity index (χ0v) is 17.6. The fourth-order valence-corrected chi connectivity index (χ4v) is 2.81. The molecule has 0 amide bonds. The maximum atomic E-state index is 9.51. The monoisotopic (exact) mass is 417 g/mol.